The summed E-state index contributed by atoms with van der Waals surface area (Å²) in [6.45, 7) is 2.75. The number of carbonyl (C=O) groups excluding carboxylic acids is 1. The van der Waals surface area contributed by atoms with E-state index < -0.39 is 21.8 Å². The molecule has 3 rings (SSSR count). The summed E-state index contributed by atoms with van der Waals surface area (Å²) in [5, 5.41) is 7.88. The van der Waals surface area contributed by atoms with Crippen LogP contribution in [0, 0.1) is 0 Å². The van der Waals surface area contributed by atoms with Gasteiger partial charge in [-0.25, -0.2) is 18.5 Å². The van der Waals surface area contributed by atoms with Gasteiger partial charge in [-0.05, 0) is 42.3 Å². The lowest BCUT2D eigenvalue weighted by atomic mass is 10.1. The van der Waals surface area contributed by atoms with Gasteiger partial charge < -0.3 is 9.88 Å². The Hall–Kier alpha value is -2.92. The molecule has 1 amide bonds. The van der Waals surface area contributed by atoms with Crippen LogP contribution in [0.15, 0.2) is 47.4 Å². The number of nitrogens with zero attached hydrogens (tertiary/aromatic N) is 2. The molecule has 3 N–H and O–H groups in total. The SMILES string of the molecule is CCCn1c(CCC(=O)NCc2ccc(C(F)(F)F)cc2)nc2cc(S(N)(=O)=O)ccc21. The zero-order valence-electron chi connectivity index (χ0n) is 17.3. The molecule has 0 bridgehead atoms. The smallest absolute Gasteiger partial charge is 0.352 e. The fourth-order valence-corrected chi connectivity index (χ4v) is 3.86. The molecule has 0 unspecified atom stereocenters. The molecule has 2 aromatic carbocycles. The maximum absolute atomic E-state index is 12.6. The molecule has 3 aromatic rings. The van der Waals surface area contributed by atoms with Gasteiger partial charge in [-0.1, -0.05) is 19.1 Å². The van der Waals surface area contributed by atoms with Crippen molar-refractivity contribution < 1.29 is 26.4 Å². The van der Waals surface area contributed by atoms with Crippen molar-refractivity contribution in [2.45, 2.75) is 50.3 Å². The zero-order chi connectivity index (χ0) is 23.5. The van der Waals surface area contributed by atoms with Gasteiger partial charge in [0.05, 0.1) is 21.5 Å². The number of hydrogen-bond donors (Lipinski definition) is 2. The van der Waals surface area contributed by atoms with E-state index in [1.54, 1.807) is 6.07 Å². The van der Waals surface area contributed by atoms with Crippen LogP contribution in [0.5, 0.6) is 0 Å². The molecule has 0 aliphatic carbocycles. The highest BCUT2D eigenvalue weighted by Crippen LogP contribution is 2.29. The summed E-state index contributed by atoms with van der Waals surface area (Å²) in [5.41, 5.74) is 1.04. The summed E-state index contributed by atoms with van der Waals surface area (Å²) in [6.07, 6.45) is -3.15. The van der Waals surface area contributed by atoms with Crippen LogP contribution in [-0.4, -0.2) is 23.9 Å². The lowest BCUT2D eigenvalue weighted by Crippen LogP contribution is -2.23. The first-order valence-corrected chi connectivity index (χ1v) is 11.5. The first-order valence-electron chi connectivity index (χ1n) is 9.94. The van der Waals surface area contributed by atoms with Crippen molar-refractivity contribution in [1.82, 2.24) is 14.9 Å². The number of nitrogens with one attached hydrogen (secondary N) is 1. The summed E-state index contributed by atoms with van der Waals surface area (Å²) >= 11 is 0. The number of halogens is 3. The van der Waals surface area contributed by atoms with E-state index in [0.717, 1.165) is 24.1 Å². The van der Waals surface area contributed by atoms with Crippen molar-refractivity contribution in [3.63, 3.8) is 0 Å². The fourth-order valence-electron chi connectivity index (χ4n) is 3.33. The number of aryl methyl sites for hydroxylation is 2. The van der Waals surface area contributed by atoms with Gasteiger partial charge in [0, 0.05) is 25.9 Å². The number of alkyl halides is 3. The van der Waals surface area contributed by atoms with Crippen LogP contribution in [-0.2, 0) is 40.5 Å². The van der Waals surface area contributed by atoms with Gasteiger partial charge >= 0.3 is 6.18 Å². The second-order valence-electron chi connectivity index (χ2n) is 7.35. The first-order chi connectivity index (χ1) is 15.0. The van der Waals surface area contributed by atoms with Crippen LogP contribution in [0.4, 0.5) is 13.2 Å². The normalized spacial score (nSPS) is 12.3. The molecule has 0 atom stereocenters. The average Bonchev–Trinajstić information content (AvgIpc) is 3.07. The van der Waals surface area contributed by atoms with Crippen LogP contribution < -0.4 is 10.5 Å². The number of nitrogens with two attached hydrogens (primary N) is 1. The number of amides is 1. The second kappa shape index (κ2) is 9.29. The van der Waals surface area contributed by atoms with Gasteiger partial charge in [0.2, 0.25) is 15.9 Å². The van der Waals surface area contributed by atoms with Crippen molar-refractivity contribution in [1.29, 1.82) is 0 Å². The third kappa shape index (κ3) is 5.65. The van der Waals surface area contributed by atoms with E-state index in [4.69, 9.17) is 5.14 Å². The summed E-state index contributed by atoms with van der Waals surface area (Å²) in [5.74, 6) is 0.364. The minimum Gasteiger partial charge on any atom is -0.352 e. The Labute approximate surface area is 183 Å². The highest BCUT2D eigenvalue weighted by Gasteiger charge is 2.29. The van der Waals surface area contributed by atoms with E-state index in [-0.39, 0.29) is 23.8 Å². The molecule has 0 saturated heterocycles. The van der Waals surface area contributed by atoms with Crippen LogP contribution in [0.3, 0.4) is 0 Å². The number of carbonyl (C=O) groups is 1. The maximum Gasteiger partial charge on any atom is 0.416 e. The Bertz CT molecular complexity index is 1220. The van der Waals surface area contributed by atoms with Crippen LogP contribution in [0.1, 0.15) is 36.7 Å². The topological polar surface area (TPSA) is 107 Å². The standard InChI is InChI=1S/C21H23F3N4O3S/c1-2-11-28-18-8-7-16(32(25,30)31)12-17(18)27-19(28)9-10-20(29)26-13-14-3-5-15(6-4-14)21(22,23)24/h3-8,12H,2,9-11,13H2,1H3,(H,26,29)(H2,25,30,31). The molecular weight excluding hydrogens is 445 g/mol. The molecule has 11 heteroatoms. The number of fused-ring (bicyclic) bond motifs is 1. The lowest BCUT2D eigenvalue weighted by molar-refractivity contribution is -0.137. The van der Waals surface area contributed by atoms with Gasteiger partial charge in [-0.3, -0.25) is 4.79 Å². The van der Waals surface area contributed by atoms with Crippen molar-refractivity contribution in [2.75, 3.05) is 0 Å². The van der Waals surface area contributed by atoms with Gasteiger partial charge in [-0.2, -0.15) is 13.2 Å². The van der Waals surface area contributed by atoms with Gasteiger partial charge in [0.25, 0.3) is 0 Å². The number of benzene rings is 2. The van der Waals surface area contributed by atoms with Crippen LogP contribution in [0.25, 0.3) is 11.0 Å². The Morgan fingerprint density at radius 2 is 1.84 bits per heavy atom. The molecule has 7 nitrogen and oxygen atoms in total. The van der Waals surface area contributed by atoms with Crippen LogP contribution in [0.2, 0.25) is 0 Å². The summed E-state index contributed by atoms with van der Waals surface area (Å²) in [6, 6.07) is 9.08. The highest BCUT2D eigenvalue weighted by atomic mass is 32.2. The maximum atomic E-state index is 12.6. The van der Waals surface area contributed by atoms with E-state index in [9.17, 15) is 26.4 Å². The summed E-state index contributed by atoms with van der Waals surface area (Å²) in [7, 11) is -3.86. The molecular formula is C21H23F3N4O3S. The quantitative estimate of drug-likeness (QED) is 0.529. The van der Waals surface area contributed by atoms with Gasteiger partial charge in [-0.15, -0.1) is 0 Å². The molecule has 0 radical (unpaired) electrons. The summed E-state index contributed by atoms with van der Waals surface area (Å²) < 4.78 is 63.0. The number of aromatic nitrogens is 2. The minimum absolute atomic E-state index is 0.0352. The molecule has 0 saturated carbocycles. The Morgan fingerprint density at radius 1 is 1.16 bits per heavy atom. The number of primary sulfonamides is 1. The molecule has 1 aromatic heterocycles. The molecule has 0 fully saturated rings. The van der Waals surface area contributed by atoms with Crippen LogP contribution >= 0.6 is 0 Å². The first kappa shape index (κ1) is 23.7. The third-order valence-electron chi connectivity index (χ3n) is 4.92. The molecule has 0 spiro atoms. The predicted molar refractivity (Wildman–Crippen MR) is 113 cm³/mol. The second-order valence-corrected chi connectivity index (χ2v) is 8.91. The lowest BCUT2D eigenvalue weighted by Gasteiger charge is -2.10. The molecule has 1 heterocycles. The minimum atomic E-state index is -4.40. The van der Waals surface area contributed by atoms with E-state index in [1.807, 2.05) is 11.5 Å². The molecule has 0 aliphatic rings. The highest BCUT2D eigenvalue weighted by molar-refractivity contribution is 7.89. The van der Waals surface area contributed by atoms with E-state index >= 15 is 0 Å². The molecule has 172 valence electrons. The average molecular weight is 469 g/mol. The number of sulfonamides is 1. The molecule has 0 aliphatic heterocycles. The van der Waals surface area contributed by atoms with Gasteiger partial charge in [0.1, 0.15) is 5.82 Å². The van der Waals surface area contributed by atoms with E-state index in [1.165, 1.54) is 24.3 Å². The number of rotatable bonds is 8. The molecule has 32 heavy (non-hydrogen) atoms. The fraction of sp³-hybridized carbons (Fsp3) is 0.333. The van der Waals surface area contributed by atoms with Crippen molar-refractivity contribution in [3.8, 4) is 0 Å². The Kier molecular flexibility index (Phi) is 6.89. The number of hydrogen-bond acceptors (Lipinski definition) is 4. The Balaban J connectivity index is 1.66. The Morgan fingerprint density at radius 3 is 2.44 bits per heavy atom. The summed E-state index contributed by atoms with van der Waals surface area (Å²) in [4.78, 5) is 16.7. The van der Waals surface area contributed by atoms with E-state index in [2.05, 4.69) is 10.3 Å². The zero-order valence-corrected chi connectivity index (χ0v) is 18.1. The number of imidazole rings is 1. The predicted octanol–water partition coefficient (Wildman–Crippen LogP) is 3.36. The van der Waals surface area contributed by atoms with Crippen molar-refractivity contribution in [3.05, 3.63) is 59.4 Å². The van der Waals surface area contributed by atoms with Crippen molar-refractivity contribution >= 4 is 27.0 Å². The van der Waals surface area contributed by atoms with E-state index in [0.29, 0.717) is 29.9 Å². The largest absolute Gasteiger partial charge is 0.416 e. The van der Waals surface area contributed by atoms with Crippen molar-refractivity contribution in [2.24, 2.45) is 5.14 Å². The monoisotopic (exact) mass is 468 g/mol. The third-order valence-corrected chi connectivity index (χ3v) is 5.83. The van der Waals surface area contributed by atoms with Gasteiger partial charge in [0.15, 0.2) is 0 Å².